The van der Waals surface area contributed by atoms with Gasteiger partial charge in [-0.25, -0.2) is 0 Å². The van der Waals surface area contributed by atoms with Gasteiger partial charge >= 0.3 is 15.2 Å². The maximum Gasteiger partial charge on any atom is 0.348 e. The Hall–Kier alpha value is 0.0649. The van der Waals surface area contributed by atoms with Gasteiger partial charge in [-0.2, -0.15) is 0 Å². The summed E-state index contributed by atoms with van der Waals surface area (Å²) in [4.78, 5) is 26.4. The highest BCUT2D eigenvalue weighted by molar-refractivity contribution is 7.55. The molecule has 3 N–H and O–H groups in total. The molecule has 17 heavy (non-hydrogen) atoms. The maximum atomic E-state index is 11.1. The molecule has 1 saturated heterocycles. The SMILES string of the molecule is B[C@@H]1O[C@H](/C=C/P(=O)(O)O)C[C@H]1OP(C)(=O)O. The van der Waals surface area contributed by atoms with Crippen molar-refractivity contribution >= 4 is 23.0 Å². The number of ether oxygens (including phenoxy) is 1. The van der Waals surface area contributed by atoms with Gasteiger partial charge < -0.3 is 23.9 Å². The third-order valence-electron chi connectivity index (χ3n) is 2.20. The normalized spacial score (nSPS) is 34.0. The molecule has 4 atom stereocenters. The minimum absolute atomic E-state index is 0.288. The largest absolute Gasteiger partial charge is 0.377 e. The highest BCUT2D eigenvalue weighted by atomic mass is 31.2. The van der Waals surface area contributed by atoms with Crippen molar-refractivity contribution in [3.63, 3.8) is 0 Å². The van der Waals surface area contributed by atoms with Crippen LogP contribution in [0, 0.1) is 0 Å². The summed E-state index contributed by atoms with van der Waals surface area (Å²) in [5.41, 5.74) is 0. The fourth-order valence-electron chi connectivity index (χ4n) is 1.55. The molecular weight excluding hydrogens is 269 g/mol. The van der Waals surface area contributed by atoms with Gasteiger partial charge in [-0.05, 0) is 6.08 Å². The maximum absolute atomic E-state index is 11.1. The van der Waals surface area contributed by atoms with E-state index in [0.717, 1.165) is 12.5 Å². The van der Waals surface area contributed by atoms with Gasteiger partial charge in [0, 0.05) is 18.9 Å². The van der Waals surface area contributed by atoms with E-state index in [9.17, 15) is 9.13 Å². The first-order chi connectivity index (χ1) is 7.57. The van der Waals surface area contributed by atoms with Gasteiger partial charge in [-0.1, -0.05) is 0 Å². The molecule has 98 valence electrons. The third-order valence-corrected chi connectivity index (χ3v) is 3.43. The molecular formula is C7H15BO7P2. The van der Waals surface area contributed by atoms with E-state index in [1.54, 1.807) is 7.85 Å². The first-order valence-corrected chi connectivity index (χ1v) is 8.66. The Morgan fingerprint density at radius 3 is 2.47 bits per heavy atom. The molecule has 0 bridgehead atoms. The van der Waals surface area contributed by atoms with Gasteiger partial charge in [0.25, 0.3) is 0 Å². The van der Waals surface area contributed by atoms with Crippen LogP contribution in [0.25, 0.3) is 0 Å². The van der Waals surface area contributed by atoms with Gasteiger partial charge in [0.05, 0.1) is 18.2 Å². The van der Waals surface area contributed by atoms with E-state index < -0.39 is 33.4 Å². The standard InChI is InChI=1S/C7H15BO7P2/c1-16(9,10)15-6-4-5(14-7(6)8)2-3-17(11,12)13/h2-3,5-7H,4,8H2,1H3,(H,9,10)(H2,11,12,13)/b3-2+/t5-,6-,7-/m1/s1. The quantitative estimate of drug-likeness (QED) is 0.476. The van der Waals surface area contributed by atoms with Crippen LogP contribution in [0.4, 0.5) is 0 Å². The smallest absolute Gasteiger partial charge is 0.348 e. The molecule has 10 heteroatoms. The highest BCUT2D eigenvalue weighted by Crippen LogP contribution is 2.42. The van der Waals surface area contributed by atoms with E-state index in [4.69, 9.17) is 23.9 Å². The molecule has 1 aliphatic heterocycles. The van der Waals surface area contributed by atoms with Crippen LogP contribution in [-0.2, 0) is 18.4 Å². The predicted molar refractivity (Wildman–Crippen MR) is 63.6 cm³/mol. The molecule has 0 aromatic rings. The minimum Gasteiger partial charge on any atom is -0.377 e. The van der Waals surface area contributed by atoms with Crippen LogP contribution in [0.15, 0.2) is 11.9 Å². The Kier molecular flexibility index (Phi) is 4.77. The van der Waals surface area contributed by atoms with Crippen molar-refractivity contribution in [2.45, 2.75) is 24.6 Å². The van der Waals surface area contributed by atoms with Crippen LogP contribution in [0.2, 0.25) is 0 Å². The van der Waals surface area contributed by atoms with E-state index >= 15 is 0 Å². The Bertz CT molecular complexity index is 386. The van der Waals surface area contributed by atoms with Gasteiger partial charge in [0.1, 0.15) is 7.85 Å². The molecule has 0 spiro atoms. The van der Waals surface area contributed by atoms with Crippen LogP contribution < -0.4 is 0 Å². The van der Waals surface area contributed by atoms with Gasteiger partial charge in [0.2, 0.25) is 0 Å². The highest BCUT2D eigenvalue weighted by Gasteiger charge is 2.35. The molecule has 1 rings (SSSR count). The monoisotopic (exact) mass is 284 g/mol. The Morgan fingerprint density at radius 2 is 2.00 bits per heavy atom. The van der Waals surface area contributed by atoms with E-state index in [0.29, 0.717) is 0 Å². The summed E-state index contributed by atoms with van der Waals surface area (Å²) in [5, 5.41) is 0. The second-order valence-electron chi connectivity index (χ2n) is 3.99. The minimum atomic E-state index is -4.20. The third kappa shape index (κ3) is 5.97. The average Bonchev–Trinajstić information content (AvgIpc) is 2.40. The van der Waals surface area contributed by atoms with Crippen molar-refractivity contribution in [2.75, 3.05) is 6.66 Å². The number of hydrogen-bond donors (Lipinski definition) is 3. The van der Waals surface area contributed by atoms with E-state index in [1.807, 2.05) is 0 Å². The molecule has 1 fully saturated rings. The molecule has 0 amide bonds. The molecule has 1 aliphatic rings. The lowest BCUT2D eigenvalue weighted by Crippen LogP contribution is -2.23. The van der Waals surface area contributed by atoms with Crippen LogP contribution in [-0.4, -0.2) is 47.4 Å². The molecule has 0 aromatic carbocycles. The van der Waals surface area contributed by atoms with Crippen LogP contribution in [0.5, 0.6) is 0 Å². The van der Waals surface area contributed by atoms with Crippen LogP contribution >= 0.6 is 15.2 Å². The Morgan fingerprint density at radius 1 is 1.41 bits per heavy atom. The Balaban J connectivity index is 2.58. The van der Waals surface area contributed by atoms with Crippen molar-refractivity contribution in [1.82, 2.24) is 0 Å². The molecule has 0 aliphatic carbocycles. The molecule has 7 nitrogen and oxygen atoms in total. The lowest BCUT2D eigenvalue weighted by atomic mass is 9.94. The summed E-state index contributed by atoms with van der Waals surface area (Å²) in [5.74, 6) is 0.761. The summed E-state index contributed by atoms with van der Waals surface area (Å²) in [7, 11) is -6.12. The van der Waals surface area contributed by atoms with E-state index in [1.165, 1.54) is 6.08 Å². The van der Waals surface area contributed by atoms with E-state index in [2.05, 4.69) is 0 Å². The average molecular weight is 284 g/mol. The zero-order valence-electron chi connectivity index (χ0n) is 9.46. The molecule has 0 aromatic heterocycles. The topological polar surface area (TPSA) is 113 Å². The van der Waals surface area contributed by atoms with Gasteiger partial charge in [-0.15, -0.1) is 0 Å². The number of rotatable bonds is 4. The summed E-state index contributed by atoms with van der Waals surface area (Å²) in [6.07, 6.45) is 0.464. The summed E-state index contributed by atoms with van der Waals surface area (Å²) < 4.78 is 32.0. The predicted octanol–water partition coefficient (Wildman–Crippen LogP) is -0.374. The summed E-state index contributed by atoms with van der Waals surface area (Å²) >= 11 is 0. The van der Waals surface area contributed by atoms with Crippen molar-refractivity contribution < 1.29 is 33.1 Å². The van der Waals surface area contributed by atoms with Crippen molar-refractivity contribution in [2.24, 2.45) is 0 Å². The lowest BCUT2D eigenvalue weighted by Gasteiger charge is -2.16. The summed E-state index contributed by atoms with van der Waals surface area (Å²) in [6.45, 7) is 1.08. The van der Waals surface area contributed by atoms with Crippen LogP contribution in [0.1, 0.15) is 6.42 Å². The van der Waals surface area contributed by atoms with Gasteiger partial charge in [0.15, 0.2) is 0 Å². The number of hydrogen-bond acceptors (Lipinski definition) is 4. The second-order valence-corrected chi connectivity index (χ2v) is 7.29. The zero-order chi connectivity index (χ0) is 13.3. The fraction of sp³-hybridized carbons (Fsp3) is 0.714. The van der Waals surface area contributed by atoms with E-state index in [-0.39, 0.29) is 6.42 Å². The van der Waals surface area contributed by atoms with Crippen LogP contribution in [0.3, 0.4) is 0 Å². The zero-order valence-corrected chi connectivity index (χ0v) is 11.3. The van der Waals surface area contributed by atoms with Gasteiger partial charge in [-0.3, -0.25) is 9.13 Å². The Labute approximate surface area is 99.9 Å². The fourth-order valence-corrected chi connectivity index (χ4v) is 2.73. The van der Waals surface area contributed by atoms with Crippen molar-refractivity contribution in [3.8, 4) is 0 Å². The first-order valence-electron chi connectivity index (χ1n) is 4.95. The summed E-state index contributed by atoms with van der Waals surface area (Å²) in [6, 6.07) is -0.401. The molecule has 0 radical (unpaired) electrons. The second kappa shape index (κ2) is 5.37. The molecule has 1 unspecified atom stereocenters. The van der Waals surface area contributed by atoms with Crippen molar-refractivity contribution in [1.29, 1.82) is 0 Å². The van der Waals surface area contributed by atoms with Crippen molar-refractivity contribution in [3.05, 3.63) is 11.9 Å². The lowest BCUT2D eigenvalue weighted by molar-refractivity contribution is 0.0821. The molecule has 0 saturated carbocycles. The molecule has 1 heterocycles. The first kappa shape index (κ1) is 15.1.